The van der Waals surface area contributed by atoms with Crippen LogP contribution >= 0.6 is 0 Å². The fraction of sp³-hybridized carbons (Fsp3) is 0.379. The van der Waals surface area contributed by atoms with Crippen LogP contribution in [0.2, 0.25) is 0 Å². The highest BCUT2D eigenvalue weighted by atomic mass is 16.5. The van der Waals surface area contributed by atoms with Crippen LogP contribution in [0.4, 0.5) is 9.59 Å². The third-order valence-corrected chi connectivity index (χ3v) is 6.13. The fourth-order valence-electron chi connectivity index (χ4n) is 3.90. The highest BCUT2D eigenvalue weighted by Gasteiger charge is 2.22. The Balaban J connectivity index is 1.63. The molecule has 3 rings (SSSR count). The van der Waals surface area contributed by atoms with Crippen LogP contribution in [-0.2, 0) is 32.2 Å². The molecule has 1 heterocycles. The van der Waals surface area contributed by atoms with Crippen molar-refractivity contribution < 1.29 is 38.6 Å². The molecule has 1 atom stereocenters. The third-order valence-electron chi connectivity index (χ3n) is 6.13. The number of nitrogens with zero attached hydrogens (tertiary/aromatic N) is 2. The first-order chi connectivity index (χ1) is 20.7. The number of carbonyl (C=O) groups excluding carboxylic acids is 4. The third kappa shape index (κ3) is 10.3. The Bertz CT molecular complexity index is 1370. The number of esters is 1. The van der Waals surface area contributed by atoms with Gasteiger partial charge >= 0.3 is 24.1 Å². The van der Waals surface area contributed by atoms with Crippen LogP contribution in [0, 0.1) is 0 Å². The van der Waals surface area contributed by atoms with Gasteiger partial charge in [-0.25, -0.2) is 19.4 Å². The molecule has 0 saturated heterocycles. The smallest absolute Gasteiger partial charge is 0.407 e. The second kappa shape index (κ2) is 16.3. The number of benzene rings is 2. The number of alkyl carbamates (subject to hydrolysis) is 1. The number of aromatic nitrogens is 2. The molecule has 5 N–H and O–H groups in total. The number of imidazole rings is 1. The Labute approximate surface area is 248 Å². The van der Waals surface area contributed by atoms with E-state index in [0.717, 1.165) is 17.5 Å². The predicted molar refractivity (Wildman–Crippen MR) is 155 cm³/mol. The van der Waals surface area contributed by atoms with Crippen LogP contribution in [0.5, 0.6) is 0 Å². The standard InChI is InChI=1S/C29H36N6O8/c1-3-5-14-43-29(41)34-23(27(38)39)15-30-26(37)20-12-10-19(11-13-20)17-35(28(40)31-16-25(36)42-4-2)18-24-32-21-8-6-7-9-22(21)33-24/h6-13,23H,3-5,14-18H2,1-2H3,(H,30,37)(H,31,40)(H,32,33)(H,34,41)(H,38,39)/t23-/m0/s1. The molecule has 0 bridgehead atoms. The van der Waals surface area contributed by atoms with Gasteiger partial charge in [0.2, 0.25) is 0 Å². The summed E-state index contributed by atoms with van der Waals surface area (Å²) in [6.45, 7) is 3.52. The molecular formula is C29H36N6O8. The summed E-state index contributed by atoms with van der Waals surface area (Å²) in [4.78, 5) is 69.9. The van der Waals surface area contributed by atoms with Gasteiger partial charge in [0.1, 0.15) is 18.4 Å². The van der Waals surface area contributed by atoms with E-state index in [9.17, 15) is 29.1 Å². The lowest BCUT2D eigenvalue weighted by Crippen LogP contribution is -2.48. The highest BCUT2D eigenvalue weighted by molar-refractivity contribution is 5.94. The zero-order valence-electron chi connectivity index (χ0n) is 24.1. The van der Waals surface area contributed by atoms with Gasteiger partial charge in [-0.1, -0.05) is 37.6 Å². The van der Waals surface area contributed by atoms with Crippen molar-refractivity contribution in [3.63, 3.8) is 0 Å². The first-order valence-corrected chi connectivity index (χ1v) is 13.8. The molecule has 230 valence electrons. The summed E-state index contributed by atoms with van der Waals surface area (Å²) in [5.74, 6) is -1.90. The topological polar surface area (TPSA) is 192 Å². The SMILES string of the molecule is CCCCOC(=O)N[C@@H](CNC(=O)c1ccc(CN(Cc2nc3ccccc3[nH]2)C(=O)NCC(=O)OCC)cc1)C(=O)O. The minimum absolute atomic E-state index is 0.107. The number of aromatic amines is 1. The Morgan fingerprint density at radius 3 is 2.40 bits per heavy atom. The number of aliphatic carboxylic acids is 1. The van der Waals surface area contributed by atoms with Crippen molar-refractivity contribution in [3.05, 3.63) is 65.5 Å². The van der Waals surface area contributed by atoms with Crippen molar-refractivity contribution in [3.8, 4) is 0 Å². The van der Waals surface area contributed by atoms with Gasteiger partial charge in [-0.15, -0.1) is 0 Å². The molecule has 43 heavy (non-hydrogen) atoms. The van der Waals surface area contributed by atoms with E-state index < -0.39 is 36.0 Å². The maximum Gasteiger partial charge on any atom is 0.407 e. The molecule has 4 amide bonds. The van der Waals surface area contributed by atoms with Crippen LogP contribution in [-0.4, -0.2) is 82.3 Å². The lowest BCUT2D eigenvalue weighted by atomic mass is 10.1. The van der Waals surface area contributed by atoms with E-state index in [4.69, 9.17) is 9.47 Å². The van der Waals surface area contributed by atoms with E-state index in [0.29, 0.717) is 17.8 Å². The molecule has 3 aromatic rings. The Hall–Kier alpha value is -5.14. The van der Waals surface area contributed by atoms with E-state index >= 15 is 0 Å². The fourth-order valence-corrected chi connectivity index (χ4v) is 3.90. The molecule has 0 aliphatic heterocycles. The summed E-state index contributed by atoms with van der Waals surface area (Å²) >= 11 is 0. The molecule has 0 radical (unpaired) electrons. The number of ether oxygens (including phenoxy) is 2. The Morgan fingerprint density at radius 1 is 0.977 bits per heavy atom. The van der Waals surface area contributed by atoms with E-state index in [-0.39, 0.29) is 45.0 Å². The number of carboxylic acid groups (broad SMARTS) is 1. The normalized spacial score (nSPS) is 11.3. The quantitative estimate of drug-likeness (QED) is 0.130. The number of H-pyrrole nitrogens is 1. The minimum Gasteiger partial charge on any atom is -0.480 e. The number of rotatable bonds is 15. The highest BCUT2D eigenvalue weighted by Crippen LogP contribution is 2.14. The van der Waals surface area contributed by atoms with Gasteiger partial charge in [0, 0.05) is 18.7 Å². The zero-order chi connectivity index (χ0) is 31.2. The number of hydrogen-bond donors (Lipinski definition) is 5. The second-order valence-electron chi connectivity index (χ2n) is 9.45. The van der Waals surface area contributed by atoms with Gasteiger partial charge in [0.05, 0.1) is 30.8 Å². The summed E-state index contributed by atoms with van der Waals surface area (Å²) in [6.07, 6.45) is 0.582. The molecule has 0 unspecified atom stereocenters. The van der Waals surface area contributed by atoms with Gasteiger partial charge in [-0.2, -0.15) is 0 Å². The number of unbranched alkanes of at least 4 members (excludes halogenated alkanes) is 1. The number of urea groups is 1. The van der Waals surface area contributed by atoms with Gasteiger partial charge in [-0.3, -0.25) is 9.59 Å². The van der Waals surface area contributed by atoms with Gasteiger partial charge < -0.3 is 40.4 Å². The summed E-state index contributed by atoms with van der Waals surface area (Å²) in [5.41, 5.74) is 2.48. The first-order valence-electron chi connectivity index (χ1n) is 13.8. The van der Waals surface area contributed by atoms with Crippen LogP contribution in [0.15, 0.2) is 48.5 Å². The summed E-state index contributed by atoms with van der Waals surface area (Å²) in [5, 5.41) is 16.7. The van der Waals surface area contributed by atoms with Crippen LogP contribution in [0.25, 0.3) is 11.0 Å². The monoisotopic (exact) mass is 596 g/mol. The molecule has 0 fully saturated rings. The lowest BCUT2D eigenvalue weighted by Gasteiger charge is -2.22. The number of nitrogens with one attached hydrogen (secondary N) is 4. The predicted octanol–water partition coefficient (Wildman–Crippen LogP) is 2.55. The average Bonchev–Trinajstić information content (AvgIpc) is 3.40. The van der Waals surface area contributed by atoms with Crippen molar-refractivity contribution in [1.29, 1.82) is 0 Å². The molecule has 0 aliphatic carbocycles. The Morgan fingerprint density at radius 2 is 1.72 bits per heavy atom. The van der Waals surface area contributed by atoms with Gasteiger partial charge in [0.15, 0.2) is 0 Å². The molecule has 1 aromatic heterocycles. The summed E-state index contributed by atoms with van der Waals surface area (Å²) in [6, 6.07) is 11.9. The number of para-hydroxylation sites is 2. The summed E-state index contributed by atoms with van der Waals surface area (Å²) in [7, 11) is 0. The molecule has 14 heteroatoms. The van der Waals surface area contributed by atoms with Gasteiger partial charge in [-0.05, 0) is 43.2 Å². The minimum atomic E-state index is -1.38. The van der Waals surface area contributed by atoms with Crippen molar-refractivity contribution >= 4 is 41.0 Å². The van der Waals surface area contributed by atoms with E-state index in [1.54, 1.807) is 19.1 Å². The zero-order valence-corrected chi connectivity index (χ0v) is 24.1. The molecule has 0 spiro atoms. The largest absolute Gasteiger partial charge is 0.480 e. The Kier molecular flexibility index (Phi) is 12.3. The lowest BCUT2D eigenvalue weighted by molar-refractivity contribution is -0.142. The van der Waals surface area contributed by atoms with Crippen LogP contribution < -0.4 is 16.0 Å². The molecule has 0 aliphatic rings. The van der Waals surface area contributed by atoms with Crippen molar-refractivity contribution in [2.24, 2.45) is 0 Å². The number of amides is 4. The summed E-state index contributed by atoms with van der Waals surface area (Å²) < 4.78 is 9.80. The molecular weight excluding hydrogens is 560 g/mol. The molecule has 14 nitrogen and oxygen atoms in total. The van der Waals surface area contributed by atoms with E-state index in [2.05, 4.69) is 25.9 Å². The second-order valence-corrected chi connectivity index (χ2v) is 9.45. The van der Waals surface area contributed by atoms with Crippen molar-refractivity contribution in [1.82, 2.24) is 30.8 Å². The average molecular weight is 597 g/mol. The van der Waals surface area contributed by atoms with Crippen molar-refractivity contribution in [2.75, 3.05) is 26.3 Å². The maximum absolute atomic E-state index is 13.0. The van der Waals surface area contributed by atoms with Crippen LogP contribution in [0.1, 0.15) is 48.4 Å². The van der Waals surface area contributed by atoms with Gasteiger partial charge in [0.25, 0.3) is 5.91 Å². The number of carboxylic acids is 1. The first kappa shape index (κ1) is 32.4. The number of carbonyl (C=O) groups is 5. The number of fused-ring (bicyclic) bond motifs is 1. The van der Waals surface area contributed by atoms with E-state index in [1.807, 2.05) is 31.2 Å². The molecule has 0 saturated carbocycles. The van der Waals surface area contributed by atoms with E-state index in [1.165, 1.54) is 17.0 Å². The van der Waals surface area contributed by atoms with Crippen molar-refractivity contribution in [2.45, 2.75) is 45.8 Å². The molecule has 2 aromatic carbocycles. The van der Waals surface area contributed by atoms with Crippen LogP contribution in [0.3, 0.4) is 0 Å². The maximum atomic E-state index is 13.0. The number of hydrogen-bond acceptors (Lipinski definition) is 8.